The Morgan fingerprint density at radius 2 is 1.73 bits per heavy atom. The third-order valence-corrected chi connectivity index (χ3v) is 6.96. The van der Waals surface area contributed by atoms with Gasteiger partial charge < -0.3 is 29.7 Å². The topological polar surface area (TPSA) is 85.6 Å². The first-order valence-electron chi connectivity index (χ1n) is 11.7. The van der Waals surface area contributed by atoms with Crippen LogP contribution >= 0.6 is 0 Å². The van der Waals surface area contributed by atoms with Crippen LogP contribution in [0.1, 0.15) is 24.8 Å². The Morgan fingerprint density at radius 1 is 1.00 bits per heavy atom. The van der Waals surface area contributed by atoms with Gasteiger partial charge in [0.25, 0.3) is 0 Å². The number of piperidine rings is 2. The zero-order chi connectivity index (χ0) is 23.5. The number of benzene rings is 2. The monoisotopic (exact) mass is 456 g/mol. The fraction of sp³-hybridized carbons (Fsp3) is 0.538. The lowest BCUT2D eigenvalue weighted by atomic mass is 9.86. The van der Waals surface area contributed by atoms with Crippen LogP contribution in [-0.4, -0.2) is 84.0 Å². The molecule has 0 unspecified atom stereocenters. The summed E-state index contributed by atoms with van der Waals surface area (Å²) < 4.78 is 11.1. The van der Waals surface area contributed by atoms with Crippen LogP contribution < -0.4 is 14.4 Å². The van der Waals surface area contributed by atoms with Crippen molar-refractivity contribution < 1.29 is 24.8 Å². The maximum atomic E-state index is 11.3. The summed E-state index contributed by atoms with van der Waals surface area (Å²) in [6.07, 6.45) is 0.888. The molecule has 0 aromatic heterocycles. The van der Waals surface area contributed by atoms with Gasteiger partial charge in [-0.15, -0.1) is 0 Å². The Hall–Kier alpha value is -2.32. The summed E-state index contributed by atoms with van der Waals surface area (Å²) in [6.45, 7) is 4.91. The van der Waals surface area contributed by atoms with E-state index >= 15 is 0 Å². The van der Waals surface area contributed by atoms with Crippen LogP contribution in [0, 0.1) is 6.92 Å². The Kier molecular flexibility index (Phi) is 7.14. The van der Waals surface area contributed by atoms with Crippen LogP contribution in [0.4, 0.5) is 5.69 Å². The Bertz CT molecular complexity index is 913. The van der Waals surface area contributed by atoms with Crippen molar-refractivity contribution in [2.75, 3.05) is 51.3 Å². The third kappa shape index (κ3) is 5.79. The van der Waals surface area contributed by atoms with Gasteiger partial charge in [0.05, 0.1) is 18.8 Å². The average Bonchev–Trinajstić information content (AvgIpc) is 2.81. The van der Waals surface area contributed by atoms with Crippen molar-refractivity contribution in [1.29, 1.82) is 0 Å². The molecule has 2 atom stereocenters. The molecule has 2 aliphatic rings. The molecule has 0 aliphatic carbocycles. The molecule has 0 saturated carbocycles. The third-order valence-electron chi connectivity index (χ3n) is 6.96. The minimum atomic E-state index is -1.37. The summed E-state index contributed by atoms with van der Waals surface area (Å²) in [5.41, 5.74) is 0.0151. The lowest BCUT2D eigenvalue weighted by Crippen LogP contribution is -2.62. The summed E-state index contributed by atoms with van der Waals surface area (Å²) in [7, 11) is 1.66. The largest absolute Gasteiger partial charge is 0.497 e. The number of hydrogen-bond acceptors (Lipinski definition) is 7. The minimum Gasteiger partial charge on any atom is -0.497 e. The highest BCUT2D eigenvalue weighted by Gasteiger charge is 2.44. The number of aliphatic hydroxyl groups excluding tert-OH is 1. The molecule has 2 heterocycles. The molecular weight excluding hydrogens is 420 g/mol. The van der Waals surface area contributed by atoms with E-state index in [1.165, 1.54) is 0 Å². The number of aliphatic hydroxyl groups is 3. The van der Waals surface area contributed by atoms with E-state index in [2.05, 4.69) is 9.80 Å². The predicted octanol–water partition coefficient (Wildman–Crippen LogP) is 2.21. The lowest BCUT2D eigenvalue weighted by Gasteiger charge is -2.46. The van der Waals surface area contributed by atoms with Crippen molar-refractivity contribution in [3.05, 3.63) is 54.1 Å². The van der Waals surface area contributed by atoms with E-state index in [0.29, 0.717) is 38.1 Å². The number of nitrogens with zero attached hydrogens (tertiary/aromatic N) is 2. The van der Waals surface area contributed by atoms with Gasteiger partial charge in [0.15, 0.2) is 0 Å². The van der Waals surface area contributed by atoms with Crippen LogP contribution in [0.5, 0.6) is 11.5 Å². The van der Waals surface area contributed by atoms with Crippen LogP contribution in [0.15, 0.2) is 48.5 Å². The molecule has 7 heteroatoms. The number of ether oxygens (including phenoxy) is 2. The molecule has 33 heavy (non-hydrogen) atoms. The molecule has 0 radical (unpaired) electrons. The molecule has 2 aromatic carbocycles. The molecule has 0 spiro atoms. The van der Waals surface area contributed by atoms with Crippen molar-refractivity contribution in [3.63, 3.8) is 0 Å². The van der Waals surface area contributed by atoms with Gasteiger partial charge >= 0.3 is 0 Å². The fourth-order valence-corrected chi connectivity index (χ4v) is 4.88. The highest BCUT2D eigenvalue weighted by molar-refractivity contribution is 5.49. The zero-order valence-electron chi connectivity index (χ0n) is 19.6. The van der Waals surface area contributed by atoms with Crippen LogP contribution in [0.3, 0.4) is 0 Å². The average molecular weight is 457 g/mol. The van der Waals surface area contributed by atoms with Crippen LogP contribution in [0.25, 0.3) is 0 Å². The van der Waals surface area contributed by atoms with Crippen molar-refractivity contribution in [2.45, 2.75) is 43.5 Å². The highest BCUT2D eigenvalue weighted by Crippen LogP contribution is 2.31. The summed E-state index contributed by atoms with van der Waals surface area (Å²) in [5.74, 6) is 1.51. The fourth-order valence-electron chi connectivity index (χ4n) is 4.88. The molecule has 180 valence electrons. The van der Waals surface area contributed by atoms with Gasteiger partial charge in [-0.3, -0.25) is 4.90 Å². The van der Waals surface area contributed by atoms with Gasteiger partial charge in [-0.05, 0) is 68.1 Å². The van der Waals surface area contributed by atoms with E-state index in [0.717, 1.165) is 30.1 Å². The van der Waals surface area contributed by atoms with Gasteiger partial charge in [0.1, 0.15) is 23.7 Å². The van der Waals surface area contributed by atoms with Gasteiger partial charge in [-0.25, -0.2) is 0 Å². The second kappa shape index (κ2) is 9.89. The van der Waals surface area contributed by atoms with E-state index in [1.807, 2.05) is 55.5 Å². The van der Waals surface area contributed by atoms with Gasteiger partial charge in [-0.1, -0.05) is 12.1 Å². The molecule has 7 nitrogen and oxygen atoms in total. The van der Waals surface area contributed by atoms with Crippen molar-refractivity contribution in [3.8, 4) is 11.5 Å². The second-order valence-electron chi connectivity index (χ2n) is 9.63. The number of rotatable bonds is 7. The number of β-amino-alcohol motifs (C(OH)–C–C–N with tert-alkyl or cyclic N) is 2. The number of methoxy groups -OCH3 is 1. The van der Waals surface area contributed by atoms with Gasteiger partial charge in [0.2, 0.25) is 0 Å². The molecule has 0 bridgehead atoms. The number of anilines is 1. The Balaban J connectivity index is 1.32. The molecule has 3 N–H and O–H groups in total. The van der Waals surface area contributed by atoms with Crippen LogP contribution in [0.2, 0.25) is 0 Å². The summed E-state index contributed by atoms with van der Waals surface area (Å²) in [4.78, 5) is 4.34. The first-order valence-corrected chi connectivity index (χ1v) is 11.7. The Morgan fingerprint density at radius 3 is 2.39 bits per heavy atom. The van der Waals surface area contributed by atoms with Gasteiger partial charge in [-0.2, -0.15) is 0 Å². The number of likely N-dealkylation sites (tertiary alicyclic amines) is 1. The predicted molar refractivity (Wildman–Crippen MR) is 128 cm³/mol. The van der Waals surface area contributed by atoms with Crippen molar-refractivity contribution >= 4 is 5.69 Å². The van der Waals surface area contributed by atoms with Crippen molar-refractivity contribution in [1.82, 2.24) is 4.90 Å². The molecular formula is C26H36N2O5. The van der Waals surface area contributed by atoms with Crippen molar-refractivity contribution in [2.24, 2.45) is 0 Å². The molecule has 4 rings (SSSR count). The first kappa shape index (κ1) is 23.8. The summed E-state index contributed by atoms with van der Waals surface area (Å²) >= 11 is 0. The quantitative estimate of drug-likeness (QED) is 0.589. The zero-order valence-corrected chi connectivity index (χ0v) is 19.6. The second-order valence-corrected chi connectivity index (χ2v) is 9.63. The Labute approximate surface area is 196 Å². The first-order chi connectivity index (χ1) is 15.8. The van der Waals surface area contributed by atoms with Crippen LogP contribution in [-0.2, 0) is 0 Å². The van der Waals surface area contributed by atoms with E-state index in [9.17, 15) is 15.3 Å². The molecule has 0 amide bonds. The molecule has 2 fully saturated rings. The van der Waals surface area contributed by atoms with E-state index in [1.54, 1.807) is 7.11 Å². The normalized spacial score (nSPS) is 25.6. The lowest BCUT2D eigenvalue weighted by molar-refractivity contribution is -0.149. The number of hydrogen-bond donors (Lipinski definition) is 3. The van der Waals surface area contributed by atoms with Gasteiger partial charge in [0, 0.05) is 38.4 Å². The van der Waals surface area contributed by atoms with E-state index in [-0.39, 0.29) is 13.2 Å². The highest BCUT2D eigenvalue weighted by atomic mass is 16.5. The smallest absolute Gasteiger partial charge is 0.137 e. The van der Waals surface area contributed by atoms with E-state index in [4.69, 9.17) is 9.47 Å². The summed E-state index contributed by atoms with van der Waals surface area (Å²) in [6, 6.07) is 15.7. The molecule has 2 saturated heterocycles. The summed E-state index contributed by atoms with van der Waals surface area (Å²) in [5, 5.41) is 33.0. The maximum Gasteiger partial charge on any atom is 0.137 e. The maximum absolute atomic E-state index is 11.3. The molecule has 2 aliphatic heterocycles. The minimum absolute atomic E-state index is 0.0117. The van der Waals surface area contributed by atoms with E-state index < -0.39 is 17.3 Å². The SMILES string of the molecule is COc1ccc(N2CCC(O)(CN3CC[C@H](O)[C@@](O)(COc4cccc(C)c4)C3)CC2)cc1. The standard InChI is InChI=1S/C26H36N2O5/c1-20-4-3-5-23(16-20)33-19-26(31)18-27(13-10-24(26)29)17-25(30)11-14-28(15-12-25)21-6-8-22(32-2)9-7-21/h3-9,16,24,29-31H,10-15,17-19H2,1-2H3/t24-,26-/m0/s1. The molecule has 2 aromatic rings. The number of aryl methyl sites for hydroxylation is 1.